The Hall–Kier alpha value is -2.92. The molecule has 3 aromatic rings. The lowest BCUT2D eigenvalue weighted by Crippen LogP contribution is -2.17. The largest absolute Gasteiger partial charge is 0.494 e. The monoisotopic (exact) mass is 378 g/mol. The molecule has 0 bridgehead atoms. The van der Waals surface area contributed by atoms with Crippen molar-refractivity contribution >= 4 is 16.8 Å². The van der Waals surface area contributed by atoms with Crippen LogP contribution in [0.25, 0.3) is 22.2 Å². The number of carbonyl (C=O) groups is 1. The Morgan fingerprint density at radius 1 is 1.18 bits per heavy atom. The van der Waals surface area contributed by atoms with Crippen LogP contribution < -0.4 is 10.1 Å². The Labute approximate surface area is 165 Å². The Kier molecular flexibility index (Phi) is 6.26. The highest BCUT2D eigenvalue weighted by atomic mass is 16.5. The fourth-order valence-corrected chi connectivity index (χ4v) is 3.29. The van der Waals surface area contributed by atoms with E-state index in [4.69, 9.17) is 9.72 Å². The predicted molar refractivity (Wildman–Crippen MR) is 111 cm³/mol. The van der Waals surface area contributed by atoms with Gasteiger partial charge in [-0.05, 0) is 61.7 Å². The molecule has 0 unspecified atom stereocenters. The molecule has 0 saturated carbocycles. The molecule has 0 aliphatic heterocycles. The van der Waals surface area contributed by atoms with Crippen molar-refractivity contribution in [3.05, 3.63) is 59.2 Å². The summed E-state index contributed by atoms with van der Waals surface area (Å²) in [4.78, 5) is 16.4. The molecule has 0 aliphatic carbocycles. The number of benzene rings is 2. The van der Waals surface area contributed by atoms with Crippen LogP contribution in [0.2, 0.25) is 0 Å². The van der Waals surface area contributed by atoms with Crippen LogP contribution in [0.3, 0.4) is 0 Å². The van der Waals surface area contributed by atoms with Crippen molar-refractivity contribution in [2.75, 3.05) is 13.7 Å². The van der Waals surface area contributed by atoms with Crippen molar-refractivity contribution in [2.24, 2.45) is 0 Å². The number of rotatable bonds is 7. The van der Waals surface area contributed by atoms with E-state index >= 15 is 0 Å². The van der Waals surface area contributed by atoms with Gasteiger partial charge in [-0.1, -0.05) is 12.1 Å². The molecule has 3 rings (SSSR count). The summed E-state index contributed by atoms with van der Waals surface area (Å²) >= 11 is 0. The van der Waals surface area contributed by atoms with Gasteiger partial charge in [0.25, 0.3) is 0 Å². The van der Waals surface area contributed by atoms with Crippen LogP contribution in [0.15, 0.2) is 42.5 Å². The number of nitrogens with one attached hydrogen (secondary N) is 1. The summed E-state index contributed by atoms with van der Waals surface area (Å²) < 4.78 is 5.57. The first kappa shape index (κ1) is 19.8. The minimum Gasteiger partial charge on any atom is -0.494 e. The number of aliphatic hydroxyl groups excluding tert-OH is 1. The lowest BCUT2D eigenvalue weighted by Gasteiger charge is -2.12. The van der Waals surface area contributed by atoms with Gasteiger partial charge in [-0.3, -0.25) is 4.79 Å². The van der Waals surface area contributed by atoms with E-state index in [-0.39, 0.29) is 12.5 Å². The van der Waals surface area contributed by atoms with E-state index in [1.54, 1.807) is 7.05 Å². The molecule has 0 radical (unpaired) electrons. The van der Waals surface area contributed by atoms with Crippen molar-refractivity contribution in [2.45, 2.75) is 33.3 Å². The van der Waals surface area contributed by atoms with E-state index in [0.717, 1.165) is 38.9 Å². The topological polar surface area (TPSA) is 71.5 Å². The van der Waals surface area contributed by atoms with E-state index in [1.807, 2.05) is 25.1 Å². The fraction of sp³-hybridized carbons (Fsp3) is 0.304. The Bertz CT molecular complexity index is 999. The molecule has 2 aromatic carbocycles. The Balaban J connectivity index is 1.98. The summed E-state index contributed by atoms with van der Waals surface area (Å²) in [6.07, 6.45) is 1.14. The van der Waals surface area contributed by atoms with Gasteiger partial charge in [0.05, 0.1) is 24.4 Å². The van der Waals surface area contributed by atoms with Gasteiger partial charge in [-0.25, -0.2) is 4.98 Å². The van der Waals surface area contributed by atoms with Gasteiger partial charge in [-0.2, -0.15) is 0 Å². The SMILES string of the molecule is CCOc1ccc(-c2cc(C)c3ccc(CCC(=O)NC)cc3n2)cc1CO. The quantitative estimate of drug-likeness (QED) is 0.656. The van der Waals surface area contributed by atoms with Crippen LogP contribution in [-0.2, 0) is 17.8 Å². The van der Waals surface area contributed by atoms with Gasteiger partial charge in [-0.15, -0.1) is 0 Å². The number of ether oxygens (including phenoxy) is 1. The number of hydrogen-bond acceptors (Lipinski definition) is 4. The third-order valence-electron chi connectivity index (χ3n) is 4.83. The number of nitrogens with zero attached hydrogens (tertiary/aromatic N) is 1. The average Bonchev–Trinajstić information content (AvgIpc) is 2.72. The van der Waals surface area contributed by atoms with Gasteiger partial charge >= 0.3 is 0 Å². The molecule has 28 heavy (non-hydrogen) atoms. The fourth-order valence-electron chi connectivity index (χ4n) is 3.29. The molecule has 2 N–H and O–H groups in total. The maximum absolute atomic E-state index is 11.5. The summed E-state index contributed by atoms with van der Waals surface area (Å²) in [5, 5.41) is 13.4. The zero-order chi connectivity index (χ0) is 20.1. The Morgan fingerprint density at radius 2 is 2.00 bits per heavy atom. The van der Waals surface area contributed by atoms with E-state index in [9.17, 15) is 9.90 Å². The third-order valence-corrected chi connectivity index (χ3v) is 4.83. The summed E-state index contributed by atoms with van der Waals surface area (Å²) in [5.74, 6) is 0.728. The molecule has 0 saturated heterocycles. The third kappa shape index (κ3) is 4.31. The van der Waals surface area contributed by atoms with Crippen molar-refractivity contribution in [1.29, 1.82) is 0 Å². The molecular weight excluding hydrogens is 352 g/mol. The highest BCUT2D eigenvalue weighted by Gasteiger charge is 2.10. The standard InChI is InChI=1S/C23H26N2O3/c1-4-28-22-9-7-17(13-18(22)14-26)20-11-15(2)19-8-5-16(12-21(19)25-20)6-10-23(27)24-3/h5,7-9,11-13,26H,4,6,10,14H2,1-3H3,(H,24,27). The van der Waals surface area contributed by atoms with Crippen LogP contribution >= 0.6 is 0 Å². The molecule has 0 aliphatic rings. The number of hydrogen-bond donors (Lipinski definition) is 2. The first-order valence-corrected chi connectivity index (χ1v) is 9.53. The van der Waals surface area contributed by atoms with Crippen molar-refractivity contribution in [3.8, 4) is 17.0 Å². The lowest BCUT2D eigenvalue weighted by molar-refractivity contribution is -0.120. The van der Waals surface area contributed by atoms with Gasteiger partial charge in [0.1, 0.15) is 5.75 Å². The number of pyridine rings is 1. The van der Waals surface area contributed by atoms with Crippen molar-refractivity contribution in [1.82, 2.24) is 10.3 Å². The smallest absolute Gasteiger partial charge is 0.220 e. The van der Waals surface area contributed by atoms with Crippen molar-refractivity contribution in [3.63, 3.8) is 0 Å². The summed E-state index contributed by atoms with van der Waals surface area (Å²) in [6, 6.07) is 14.0. The van der Waals surface area contributed by atoms with Gasteiger partial charge < -0.3 is 15.2 Å². The maximum atomic E-state index is 11.5. The van der Waals surface area contributed by atoms with E-state index in [1.165, 1.54) is 0 Å². The first-order chi connectivity index (χ1) is 13.5. The summed E-state index contributed by atoms with van der Waals surface area (Å²) in [5.41, 5.74) is 5.67. The first-order valence-electron chi connectivity index (χ1n) is 9.53. The number of fused-ring (bicyclic) bond motifs is 1. The van der Waals surface area contributed by atoms with Crippen LogP contribution in [-0.4, -0.2) is 29.7 Å². The number of amides is 1. The molecule has 5 nitrogen and oxygen atoms in total. The second-order valence-electron chi connectivity index (χ2n) is 6.76. The molecule has 1 amide bonds. The predicted octanol–water partition coefficient (Wildman–Crippen LogP) is 3.78. The molecule has 5 heteroatoms. The second kappa shape index (κ2) is 8.85. The normalized spacial score (nSPS) is 10.9. The molecule has 0 spiro atoms. The van der Waals surface area contributed by atoms with E-state index in [2.05, 4.69) is 36.5 Å². The van der Waals surface area contributed by atoms with Gasteiger partial charge in [0.2, 0.25) is 5.91 Å². The molecule has 1 heterocycles. The van der Waals surface area contributed by atoms with Crippen LogP contribution in [0.5, 0.6) is 5.75 Å². The highest BCUT2D eigenvalue weighted by molar-refractivity contribution is 5.86. The number of aryl methyl sites for hydroxylation is 2. The molecular formula is C23H26N2O3. The molecule has 1 aromatic heterocycles. The number of aromatic nitrogens is 1. The summed E-state index contributed by atoms with van der Waals surface area (Å²) in [7, 11) is 1.65. The van der Waals surface area contributed by atoms with Crippen LogP contribution in [0.1, 0.15) is 30.0 Å². The zero-order valence-electron chi connectivity index (χ0n) is 16.6. The average molecular weight is 378 g/mol. The van der Waals surface area contributed by atoms with Crippen LogP contribution in [0.4, 0.5) is 0 Å². The molecule has 0 fully saturated rings. The van der Waals surface area contributed by atoms with Crippen molar-refractivity contribution < 1.29 is 14.6 Å². The zero-order valence-corrected chi connectivity index (χ0v) is 16.6. The van der Waals surface area contributed by atoms with Gasteiger partial charge in [0.15, 0.2) is 0 Å². The second-order valence-corrected chi connectivity index (χ2v) is 6.76. The summed E-state index contributed by atoms with van der Waals surface area (Å²) in [6.45, 7) is 4.46. The molecule has 0 atom stereocenters. The maximum Gasteiger partial charge on any atom is 0.220 e. The highest BCUT2D eigenvalue weighted by Crippen LogP contribution is 2.29. The Morgan fingerprint density at radius 3 is 2.71 bits per heavy atom. The van der Waals surface area contributed by atoms with Gasteiger partial charge in [0, 0.05) is 30.0 Å². The van der Waals surface area contributed by atoms with Crippen LogP contribution in [0, 0.1) is 6.92 Å². The molecule has 146 valence electrons. The number of aliphatic hydroxyl groups is 1. The van der Waals surface area contributed by atoms with E-state index < -0.39 is 0 Å². The minimum atomic E-state index is -0.0840. The lowest BCUT2D eigenvalue weighted by atomic mass is 10.0. The minimum absolute atomic E-state index is 0.0314. The van der Waals surface area contributed by atoms with E-state index in [0.29, 0.717) is 25.2 Å². The number of carbonyl (C=O) groups excluding carboxylic acids is 1.